The smallest absolute Gasteiger partial charge is 0.257 e. The number of aromatic nitrogens is 4. The SMILES string of the molecule is Cc1cc(C)n(CCCNS(=O)(=O)c2[nH]ncc2CN)n1. The van der Waals surface area contributed by atoms with Gasteiger partial charge in [0.1, 0.15) is 0 Å². The fourth-order valence-corrected chi connectivity index (χ4v) is 3.30. The van der Waals surface area contributed by atoms with Crippen LogP contribution in [0.3, 0.4) is 0 Å². The van der Waals surface area contributed by atoms with Gasteiger partial charge in [-0.3, -0.25) is 9.78 Å². The average molecular weight is 312 g/mol. The van der Waals surface area contributed by atoms with E-state index in [0.717, 1.165) is 11.4 Å². The molecule has 2 rings (SSSR count). The van der Waals surface area contributed by atoms with Crippen LogP contribution in [-0.2, 0) is 23.1 Å². The van der Waals surface area contributed by atoms with Gasteiger partial charge in [0, 0.05) is 30.9 Å². The standard InChI is InChI=1S/C12H20N6O2S/c1-9-6-10(2)18(17-9)5-3-4-15-21(19,20)12-11(7-13)8-14-16-12/h6,8,15H,3-5,7,13H2,1-2H3,(H,14,16). The number of aromatic amines is 1. The van der Waals surface area contributed by atoms with E-state index in [1.807, 2.05) is 24.6 Å². The summed E-state index contributed by atoms with van der Waals surface area (Å²) in [5, 5.41) is 10.5. The molecule has 2 heterocycles. The van der Waals surface area contributed by atoms with Gasteiger partial charge in [-0.05, 0) is 26.3 Å². The Morgan fingerprint density at radius 3 is 2.81 bits per heavy atom. The molecule has 21 heavy (non-hydrogen) atoms. The molecule has 0 atom stereocenters. The van der Waals surface area contributed by atoms with E-state index in [2.05, 4.69) is 20.0 Å². The average Bonchev–Trinajstić information content (AvgIpc) is 3.01. The summed E-state index contributed by atoms with van der Waals surface area (Å²) in [6, 6.07) is 1.99. The molecule has 2 aromatic heterocycles. The number of H-pyrrole nitrogens is 1. The molecule has 0 aliphatic rings. The van der Waals surface area contributed by atoms with Gasteiger partial charge in [0.2, 0.25) is 0 Å². The zero-order chi connectivity index (χ0) is 15.5. The van der Waals surface area contributed by atoms with Crippen molar-refractivity contribution in [3.05, 3.63) is 29.2 Å². The lowest BCUT2D eigenvalue weighted by molar-refractivity contribution is 0.542. The Balaban J connectivity index is 1.90. The molecule has 0 amide bonds. The van der Waals surface area contributed by atoms with Crippen LogP contribution in [0.5, 0.6) is 0 Å². The van der Waals surface area contributed by atoms with E-state index in [-0.39, 0.29) is 11.6 Å². The number of hydrogen-bond acceptors (Lipinski definition) is 5. The van der Waals surface area contributed by atoms with Crippen LogP contribution in [0.15, 0.2) is 17.3 Å². The van der Waals surface area contributed by atoms with Crippen molar-refractivity contribution in [2.75, 3.05) is 6.54 Å². The van der Waals surface area contributed by atoms with Crippen molar-refractivity contribution in [2.45, 2.75) is 38.4 Å². The maximum atomic E-state index is 12.1. The van der Waals surface area contributed by atoms with Crippen LogP contribution in [0.2, 0.25) is 0 Å². The molecule has 8 nitrogen and oxygen atoms in total. The maximum Gasteiger partial charge on any atom is 0.257 e. The lowest BCUT2D eigenvalue weighted by Crippen LogP contribution is -2.27. The highest BCUT2D eigenvalue weighted by Crippen LogP contribution is 2.10. The number of aryl methyl sites for hydroxylation is 3. The van der Waals surface area contributed by atoms with Crippen molar-refractivity contribution >= 4 is 10.0 Å². The number of sulfonamides is 1. The van der Waals surface area contributed by atoms with Gasteiger partial charge in [-0.2, -0.15) is 10.2 Å². The molecule has 0 radical (unpaired) electrons. The number of rotatable bonds is 7. The van der Waals surface area contributed by atoms with E-state index < -0.39 is 10.0 Å². The Bertz CT molecular complexity index is 703. The summed E-state index contributed by atoms with van der Waals surface area (Å²) in [6.07, 6.45) is 2.07. The highest BCUT2D eigenvalue weighted by atomic mass is 32.2. The van der Waals surface area contributed by atoms with Crippen LogP contribution < -0.4 is 10.5 Å². The predicted octanol–water partition coefficient (Wildman–Crippen LogP) is 0.0503. The van der Waals surface area contributed by atoms with Gasteiger partial charge in [-0.1, -0.05) is 0 Å². The summed E-state index contributed by atoms with van der Waals surface area (Å²) < 4.78 is 28.6. The van der Waals surface area contributed by atoms with Crippen molar-refractivity contribution in [1.29, 1.82) is 0 Å². The second kappa shape index (κ2) is 6.37. The summed E-state index contributed by atoms with van der Waals surface area (Å²) in [6.45, 7) is 5.01. The third-order valence-corrected chi connectivity index (χ3v) is 4.58. The van der Waals surface area contributed by atoms with E-state index in [1.54, 1.807) is 0 Å². The van der Waals surface area contributed by atoms with Gasteiger partial charge in [0.15, 0.2) is 5.03 Å². The first-order valence-corrected chi connectivity index (χ1v) is 8.15. The van der Waals surface area contributed by atoms with Crippen molar-refractivity contribution in [2.24, 2.45) is 5.73 Å². The molecule has 0 saturated heterocycles. The molecule has 0 aliphatic heterocycles. The van der Waals surface area contributed by atoms with Crippen molar-refractivity contribution in [1.82, 2.24) is 24.7 Å². The molecule has 4 N–H and O–H groups in total. The molecule has 116 valence electrons. The highest BCUT2D eigenvalue weighted by Gasteiger charge is 2.19. The monoisotopic (exact) mass is 312 g/mol. The van der Waals surface area contributed by atoms with E-state index in [1.165, 1.54) is 6.20 Å². The molecular formula is C12H20N6O2S. The molecule has 0 spiro atoms. The first-order chi connectivity index (χ1) is 9.94. The summed E-state index contributed by atoms with van der Waals surface area (Å²) in [5.41, 5.74) is 7.97. The number of nitrogens with zero attached hydrogens (tertiary/aromatic N) is 3. The third-order valence-electron chi connectivity index (χ3n) is 3.11. The number of hydrogen-bond donors (Lipinski definition) is 3. The normalized spacial score (nSPS) is 12.0. The Kier molecular flexibility index (Phi) is 4.76. The van der Waals surface area contributed by atoms with E-state index in [9.17, 15) is 8.42 Å². The summed E-state index contributed by atoms with van der Waals surface area (Å²) >= 11 is 0. The molecule has 0 fully saturated rings. The molecule has 0 bridgehead atoms. The summed E-state index contributed by atoms with van der Waals surface area (Å²) in [4.78, 5) is 0. The number of nitrogens with two attached hydrogens (primary N) is 1. The molecule has 2 aromatic rings. The second-order valence-corrected chi connectivity index (χ2v) is 6.53. The minimum atomic E-state index is -3.60. The quantitative estimate of drug-likeness (QED) is 0.624. The molecule has 0 aromatic carbocycles. The van der Waals surface area contributed by atoms with Crippen LogP contribution in [0.25, 0.3) is 0 Å². The van der Waals surface area contributed by atoms with Gasteiger partial charge < -0.3 is 5.73 Å². The lowest BCUT2D eigenvalue weighted by atomic mass is 10.4. The summed E-state index contributed by atoms with van der Waals surface area (Å²) in [5.74, 6) is 0. The van der Waals surface area contributed by atoms with Crippen LogP contribution in [0.1, 0.15) is 23.4 Å². The van der Waals surface area contributed by atoms with Crippen molar-refractivity contribution in [3.63, 3.8) is 0 Å². The van der Waals surface area contributed by atoms with Gasteiger partial charge in [-0.15, -0.1) is 0 Å². The highest BCUT2D eigenvalue weighted by molar-refractivity contribution is 7.89. The minimum absolute atomic E-state index is 0.0381. The fraction of sp³-hybridized carbons (Fsp3) is 0.500. The molecule has 0 aliphatic carbocycles. The largest absolute Gasteiger partial charge is 0.326 e. The van der Waals surface area contributed by atoms with Gasteiger partial charge in [0.25, 0.3) is 10.0 Å². The minimum Gasteiger partial charge on any atom is -0.326 e. The Labute approximate surface area is 123 Å². The van der Waals surface area contributed by atoms with Gasteiger partial charge >= 0.3 is 0 Å². The van der Waals surface area contributed by atoms with Crippen LogP contribution in [0, 0.1) is 13.8 Å². The number of nitrogens with one attached hydrogen (secondary N) is 2. The Hall–Kier alpha value is -1.71. The fourth-order valence-electron chi connectivity index (χ4n) is 2.09. The first-order valence-electron chi connectivity index (χ1n) is 6.67. The summed E-state index contributed by atoms with van der Waals surface area (Å²) in [7, 11) is -3.60. The van der Waals surface area contributed by atoms with Crippen molar-refractivity contribution in [3.8, 4) is 0 Å². The zero-order valence-electron chi connectivity index (χ0n) is 12.1. The molecule has 0 saturated carbocycles. The molecule has 0 unspecified atom stereocenters. The Morgan fingerprint density at radius 2 is 2.19 bits per heavy atom. The zero-order valence-corrected chi connectivity index (χ0v) is 12.9. The maximum absolute atomic E-state index is 12.1. The third kappa shape index (κ3) is 3.69. The van der Waals surface area contributed by atoms with E-state index >= 15 is 0 Å². The van der Waals surface area contributed by atoms with Crippen molar-refractivity contribution < 1.29 is 8.42 Å². The topological polar surface area (TPSA) is 119 Å². The molecular weight excluding hydrogens is 292 g/mol. The lowest BCUT2D eigenvalue weighted by Gasteiger charge is -2.07. The Morgan fingerprint density at radius 1 is 1.43 bits per heavy atom. The van der Waals surface area contributed by atoms with E-state index in [0.29, 0.717) is 25.1 Å². The first kappa shape index (κ1) is 15.7. The van der Waals surface area contributed by atoms with Gasteiger partial charge in [0.05, 0.1) is 11.9 Å². The van der Waals surface area contributed by atoms with E-state index in [4.69, 9.17) is 5.73 Å². The van der Waals surface area contributed by atoms with Crippen LogP contribution in [0.4, 0.5) is 0 Å². The predicted molar refractivity (Wildman–Crippen MR) is 78.0 cm³/mol. The van der Waals surface area contributed by atoms with Gasteiger partial charge in [-0.25, -0.2) is 13.1 Å². The molecule has 9 heteroatoms. The van der Waals surface area contributed by atoms with Crippen LogP contribution in [-0.4, -0.2) is 34.9 Å². The van der Waals surface area contributed by atoms with Crippen LogP contribution >= 0.6 is 0 Å². The second-order valence-electron chi connectivity index (χ2n) is 4.83.